The van der Waals surface area contributed by atoms with E-state index in [1.165, 1.54) is 42.5 Å². The summed E-state index contributed by atoms with van der Waals surface area (Å²) >= 11 is 0.706. The fourth-order valence-corrected chi connectivity index (χ4v) is 5.70. The Bertz CT molecular complexity index is 1680. The van der Waals surface area contributed by atoms with Crippen molar-refractivity contribution in [2.75, 3.05) is 0 Å². The van der Waals surface area contributed by atoms with Gasteiger partial charge in [-0.05, 0) is 59.8 Å². The van der Waals surface area contributed by atoms with Crippen LogP contribution in [0.1, 0.15) is 16.7 Å². The highest BCUT2D eigenvalue weighted by Crippen LogP contribution is 2.38. The SMILES string of the molecule is Cc1ccc(S(=O)(=O)Oc2ccc3ccccc3c2/C=C2\SC(=O)N(Cc3ccccc3F)C2=O)cc1. The van der Waals surface area contributed by atoms with E-state index in [9.17, 15) is 22.4 Å². The van der Waals surface area contributed by atoms with E-state index in [4.69, 9.17) is 4.18 Å². The fraction of sp³-hybridized carbons (Fsp3) is 0.0714. The lowest BCUT2D eigenvalue weighted by Gasteiger charge is -2.14. The molecule has 0 aliphatic carbocycles. The number of imide groups is 1. The second-order valence-corrected chi connectivity index (χ2v) is 10.9. The van der Waals surface area contributed by atoms with Gasteiger partial charge in [-0.3, -0.25) is 14.5 Å². The number of thioether (sulfide) groups is 1. The van der Waals surface area contributed by atoms with E-state index in [-0.39, 0.29) is 27.7 Å². The van der Waals surface area contributed by atoms with Crippen molar-refractivity contribution in [3.63, 3.8) is 0 Å². The van der Waals surface area contributed by atoms with Crippen molar-refractivity contribution in [3.05, 3.63) is 112 Å². The maximum Gasteiger partial charge on any atom is 0.339 e. The number of carbonyl (C=O) groups excluding carboxylic acids is 2. The zero-order chi connectivity index (χ0) is 26.2. The van der Waals surface area contributed by atoms with Gasteiger partial charge in [-0.1, -0.05) is 66.2 Å². The highest BCUT2D eigenvalue weighted by Gasteiger charge is 2.36. The molecule has 1 saturated heterocycles. The number of aryl methyl sites for hydroxylation is 1. The first-order valence-corrected chi connectivity index (χ1v) is 13.5. The molecule has 0 radical (unpaired) electrons. The van der Waals surface area contributed by atoms with E-state index in [1.54, 1.807) is 36.4 Å². The number of hydrogen-bond donors (Lipinski definition) is 0. The Morgan fingerprint density at radius 1 is 0.919 bits per heavy atom. The predicted octanol–water partition coefficient (Wildman–Crippen LogP) is 6.29. The number of carbonyl (C=O) groups is 2. The van der Waals surface area contributed by atoms with E-state index in [2.05, 4.69) is 0 Å². The third-order valence-electron chi connectivity index (χ3n) is 5.88. The molecule has 1 aliphatic rings. The van der Waals surface area contributed by atoms with Crippen LogP contribution in [0.2, 0.25) is 0 Å². The van der Waals surface area contributed by atoms with Crippen LogP contribution in [0.15, 0.2) is 94.7 Å². The quantitative estimate of drug-likeness (QED) is 0.214. The summed E-state index contributed by atoms with van der Waals surface area (Å²) in [4.78, 5) is 26.9. The minimum atomic E-state index is -4.18. The van der Waals surface area contributed by atoms with Crippen molar-refractivity contribution in [1.82, 2.24) is 4.90 Å². The smallest absolute Gasteiger partial charge is 0.339 e. The van der Waals surface area contributed by atoms with Crippen molar-refractivity contribution in [1.29, 1.82) is 0 Å². The molecule has 0 spiro atoms. The van der Waals surface area contributed by atoms with Crippen molar-refractivity contribution in [2.45, 2.75) is 18.4 Å². The maximum atomic E-state index is 14.1. The van der Waals surface area contributed by atoms with Crippen LogP contribution in [-0.4, -0.2) is 24.5 Å². The molecule has 0 saturated carbocycles. The summed E-state index contributed by atoms with van der Waals surface area (Å²) in [6.45, 7) is 1.63. The normalized spacial score (nSPS) is 15.1. The van der Waals surface area contributed by atoms with Gasteiger partial charge in [0.25, 0.3) is 11.1 Å². The molecule has 1 fully saturated rings. The van der Waals surface area contributed by atoms with Gasteiger partial charge in [0.15, 0.2) is 5.75 Å². The van der Waals surface area contributed by atoms with Gasteiger partial charge in [0, 0.05) is 11.1 Å². The topological polar surface area (TPSA) is 80.8 Å². The molecule has 1 heterocycles. The first-order valence-electron chi connectivity index (χ1n) is 11.2. The molecule has 9 heteroatoms. The second kappa shape index (κ2) is 9.84. The number of nitrogens with zero attached hydrogens (tertiary/aromatic N) is 1. The molecule has 2 amide bonds. The molecule has 0 atom stereocenters. The standard InChI is InChI=1S/C28H20FNO5S2/c1-18-10-13-21(14-11-18)37(33,34)35-25-15-12-19-6-2-4-8-22(19)23(25)16-26-27(31)30(28(32)36-26)17-20-7-3-5-9-24(20)29/h2-16H,17H2,1H3/b26-16-. The van der Waals surface area contributed by atoms with Crippen LogP contribution >= 0.6 is 11.8 Å². The molecule has 0 N–H and O–H groups in total. The Hall–Kier alpha value is -3.95. The van der Waals surface area contributed by atoms with Gasteiger partial charge in [-0.25, -0.2) is 4.39 Å². The molecule has 5 rings (SSSR count). The van der Waals surface area contributed by atoms with Crippen LogP contribution in [0.4, 0.5) is 9.18 Å². The Morgan fingerprint density at radius 2 is 1.62 bits per heavy atom. The van der Waals surface area contributed by atoms with E-state index in [0.717, 1.165) is 15.8 Å². The van der Waals surface area contributed by atoms with Crippen molar-refractivity contribution >= 4 is 49.9 Å². The Kier molecular flexibility index (Phi) is 6.57. The average molecular weight is 534 g/mol. The number of halogens is 1. The van der Waals surface area contributed by atoms with Crippen molar-refractivity contribution < 1.29 is 26.6 Å². The number of rotatable bonds is 6. The van der Waals surface area contributed by atoms with Gasteiger partial charge < -0.3 is 4.18 Å². The van der Waals surface area contributed by atoms with E-state index in [1.807, 2.05) is 19.1 Å². The molecule has 0 aromatic heterocycles. The summed E-state index contributed by atoms with van der Waals surface area (Å²) in [5.74, 6) is -1.10. The highest BCUT2D eigenvalue weighted by atomic mass is 32.2. The fourth-order valence-electron chi connectivity index (χ4n) is 3.93. The molecule has 0 bridgehead atoms. The van der Waals surface area contributed by atoms with Gasteiger partial charge in [0.1, 0.15) is 10.7 Å². The number of amides is 2. The lowest BCUT2D eigenvalue weighted by atomic mass is 10.0. The Morgan fingerprint density at radius 3 is 2.38 bits per heavy atom. The predicted molar refractivity (Wildman–Crippen MR) is 141 cm³/mol. The van der Waals surface area contributed by atoms with Crippen molar-refractivity contribution in [3.8, 4) is 5.75 Å². The molecule has 1 aliphatic heterocycles. The summed E-state index contributed by atoms with van der Waals surface area (Å²) in [5, 5.41) is 0.883. The minimum absolute atomic E-state index is 0.0116. The van der Waals surface area contributed by atoms with Gasteiger partial charge in [-0.15, -0.1) is 0 Å². The third-order valence-corrected chi connectivity index (χ3v) is 8.03. The van der Waals surface area contributed by atoms with Crippen LogP contribution < -0.4 is 4.18 Å². The van der Waals surface area contributed by atoms with Crippen LogP contribution in [-0.2, 0) is 21.5 Å². The maximum absolute atomic E-state index is 14.1. The van der Waals surface area contributed by atoms with Crippen molar-refractivity contribution in [2.24, 2.45) is 0 Å². The molecule has 186 valence electrons. The van der Waals surface area contributed by atoms with Gasteiger partial charge in [0.2, 0.25) is 0 Å². The highest BCUT2D eigenvalue weighted by molar-refractivity contribution is 8.18. The number of fused-ring (bicyclic) bond motifs is 1. The van der Waals surface area contributed by atoms with Gasteiger partial charge in [0.05, 0.1) is 11.4 Å². The second-order valence-electron chi connectivity index (χ2n) is 8.41. The van der Waals surface area contributed by atoms with Crippen LogP contribution in [0.25, 0.3) is 16.8 Å². The number of hydrogen-bond acceptors (Lipinski definition) is 6. The number of benzene rings is 4. The zero-order valence-electron chi connectivity index (χ0n) is 19.6. The monoisotopic (exact) mass is 533 g/mol. The van der Waals surface area contributed by atoms with Crippen LogP contribution in [0.3, 0.4) is 0 Å². The Labute approximate surface area is 217 Å². The lowest BCUT2D eigenvalue weighted by Crippen LogP contribution is -2.27. The van der Waals surface area contributed by atoms with E-state index < -0.39 is 27.1 Å². The summed E-state index contributed by atoms with van der Waals surface area (Å²) in [6.07, 6.45) is 1.45. The molecule has 37 heavy (non-hydrogen) atoms. The summed E-state index contributed by atoms with van der Waals surface area (Å²) in [6, 6.07) is 22.6. The first-order chi connectivity index (χ1) is 17.7. The average Bonchev–Trinajstić information content (AvgIpc) is 3.14. The molecule has 4 aromatic carbocycles. The summed E-state index contributed by atoms with van der Waals surface area (Å²) in [7, 11) is -4.18. The first kappa shape index (κ1) is 24.7. The van der Waals surface area contributed by atoms with Gasteiger partial charge >= 0.3 is 10.1 Å². The van der Waals surface area contributed by atoms with Crippen LogP contribution in [0.5, 0.6) is 5.75 Å². The third kappa shape index (κ3) is 5.00. The summed E-state index contributed by atoms with van der Waals surface area (Å²) in [5.41, 5.74) is 1.45. The molecule has 6 nitrogen and oxygen atoms in total. The minimum Gasteiger partial charge on any atom is -0.378 e. The molecular weight excluding hydrogens is 513 g/mol. The molecule has 4 aromatic rings. The Balaban J connectivity index is 1.55. The molecular formula is C28H20FNO5S2. The van der Waals surface area contributed by atoms with Crippen LogP contribution in [0, 0.1) is 12.7 Å². The van der Waals surface area contributed by atoms with E-state index in [0.29, 0.717) is 22.7 Å². The lowest BCUT2D eigenvalue weighted by molar-refractivity contribution is -0.123. The summed E-state index contributed by atoms with van der Waals surface area (Å²) < 4.78 is 45.7. The largest absolute Gasteiger partial charge is 0.378 e. The van der Waals surface area contributed by atoms with E-state index >= 15 is 0 Å². The molecule has 0 unspecified atom stereocenters. The zero-order valence-corrected chi connectivity index (χ0v) is 21.2. The van der Waals surface area contributed by atoms with Gasteiger partial charge in [-0.2, -0.15) is 8.42 Å².